The molecular weight excluding hydrogens is 712 g/mol. The maximum atomic E-state index is 12.7. The summed E-state index contributed by atoms with van der Waals surface area (Å²) in [6.07, 6.45) is 3.52. The number of carbonyl (C=O) groups excluding carboxylic acids is 2. The number of hydrazone groups is 1. The number of allylic oxidation sites excluding steroid dienone is 3. The van der Waals surface area contributed by atoms with Gasteiger partial charge in [-0.05, 0) is 109 Å². The average molecular weight is 738 g/mol. The summed E-state index contributed by atoms with van der Waals surface area (Å²) in [6, 6.07) is 19.3. The van der Waals surface area contributed by atoms with Crippen LogP contribution in [0.15, 0.2) is 138 Å². The Morgan fingerprint density at radius 2 is 1.37 bits per heavy atom. The number of carboxylic acid groups (broad SMARTS) is 1. The summed E-state index contributed by atoms with van der Waals surface area (Å²) in [5, 5.41) is 44.4. The first-order valence-corrected chi connectivity index (χ1v) is 15.8. The van der Waals surface area contributed by atoms with Gasteiger partial charge in [-0.25, -0.2) is 0 Å². The maximum absolute atomic E-state index is 12.7. The molecule has 0 spiro atoms. The van der Waals surface area contributed by atoms with Crippen molar-refractivity contribution < 1.29 is 91.9 Å². The van der Waals surface area contributed by atoms with Crippen LogP contribution in [-0.4, -0.2) is 36.3 Å². The van der Waals surface area contributed by atoms with E-state index in [-0.39, 0.29) is 92.5 Å². The molecule has 0 unspecified atom stereocenters. The van der Waals surface area contributed by atoms with Crippen LogP contribution in [0.3, 0.4) is 0 Å². The summed E-state index contributed by atoms with van der Waals surface area (Å²) < 4.78 is 31.6. The van der Waals surface area contributed by atoms with E-state index in [9.17, 15) is 28.2 Å². The third-order valence-electron chi connectivity index (χ3n) is 6.95. The molecule has 0 atom stereocenters. The van der Waals surface area contributed by atoms with Crippen molar-refractivity contribution in [2.45, 2.75) is 11.8 Å². The minimum Gasteiger partial charge on any atom is -0.858 e. The minimum atomic E-state index is -4.34. The van der Waals surface area contributed by atoms with Crippen LogP contribution in [0.1, 0.15) is 11.1 Å². The van der Waals surface area contributed by atoms with E-state index >= 15 is 0 Å². The molecule has 0 fully saturated rings. The zero-order chi connectivity index (χ0) is 36.0. The van der Waals surface area contributed by atoms with Crippen molar-refractivity contribution in [3.8, 4) is 0 Å². The van der Waals surface area contributed by atoms with Crippen molar-refractivity contribution in [1.29, 1.82) is 0 Å². The predicted molar refractivity (Wildman–Crippen MR) is 182 cm³/mol. The molecule has 1 aliphatic carbocycles. The molecule has 52 heavy (non-hydrogen) atoms. The molecule has 5 rings (SSSR count). The van der Waals surface area contributed by atoms with E-state index in [0.29, 0.717) is 33.9 Å². The summed E-state index contributed by atoms with van der Waals surface area (Å²) in [4.78, 5) is 26.5. The fourth-order valence-corrected chi connectivity index (χ4v) is 4.73. The van der Waals surface area contributed by atoms with Gasteiger partial charge in [-0.15, -0.1) is 10.2 Å². The van der Waals surface area contributed by atoms with Gasteiger partial charge >= 0.3 is 59.1 Å². The molecule has 0 bridgehead atoms. The molecule has 4 aromatic carbocycles. The number of aliphatic imine (C=N–C) groups is 1. The van der Waals surface area contributed by atoms with Crippen LogP contribution in [0.25, 0.3) is 0 Å². The average Bonchev–Trinajstić information content (AvgIpc) is 3.09. The number of aliphatic carboxylic acids is 1. The molecule has 4 aromatic rings. The second-order valence-electron chi connectivity index (χ2n) is 10.5. The van der Waals surface area contributed by atoms with Crippen LogP contribution in [-0.2, 0) is 19.7 Å². The summed E-state index contributed by atoms with van der Waals surface area (Å²) in [5.41, 5.74) is 18.2. The van der Waals surface area contributed by atoms with E-state index in [1.165, 1.54) is 42.5 Å². The number of azo groups is 2. The summed E-state index contributed by atoms with van der Waals surface area (Å²) in [6.45, 7) is 1.73. The molecule has 0 aliphatic heterocycles. The van der Waals surface area contributed by atoms with Crippen molar-refractivity contribution in [2.75, 3.05) is 16.9 Å². The molecule has 16 nitrogen and oxygen atoms in total. The molecular formula is C33H25N9Na2O7S. The Hall–Kier alpha value is -4.85. The molecule has 0 saturated heterocycles. The molecule has 0 amide bonds. The number of ketones is 1. The number of carboxylic acids is 1. The van der Waals surface area contributed by atoms with Crippen LogP contribution in [0, 0.1) is 6.92 Å². The van der Waals surface area contributed by atoms with Crippen molar-refractivity contribution >= 4 is 79.0 Å². The van der Waals surface area contributed by atoms with Crippen LogP contribution in [0.2, 0.25) is 0 Å². The molecule has 0 aromatic heterocycles. The Bertz CT molecular complexity index is 2290. The first-order valence-electron chi connectivity index (χ1n) is 14.3. The number of hydrogen-bond acceptors (Lipinski definition) is 15. The van der Waals surface area contributed by atoms with Gasteiger partial charge in [-0.3, -0.25) is 19.8 Å². The molecule has 6 N–H and O–H groups in total. The van der Waals surface area contributed by atoms with Gasteiger partial charge in [0, 0.05) is 5.57 Å². The monoisotopic (exact) mass is 737 g/mol. The van der Waals surface area contributed by atoms with Crippen molar-refractivity contribution in [1.82, 2.24) is 0 Å². The van der Waals surface area contributed by atoms with Crippen molar-refractivity contribution in [2.24, 2.45) is 30.6 Å². The van der Waals surface area contributed by atoms with Gasteiger partial charge in [0.1, 0.15) is 11.4 Å². The minimum absolute atomic E-state index is 0. The topological polar surface area (TPSA) is 273 Å². The summed E-state index contributed by atoms with van der Waals surface area (Å²) in [7, 11) is -4.34. The number of anilines is 3. The number of benzene rings is 4. The van der Waals surface area contributed by atoms with Gasteiger partial charge in [-0.1, -0.05) is 12.1 Å². The molecule has 19 heteroatoms. The van der Waals surface area contributed by atoms with Gasteiger partial charge in [-0.2, -0.15) is 23.7 Å². The number of nitrogens with zero attached hydrogens (tertiary/aromatic N) is 6. The number of carbonyl (C=O) groups is 2. The van der Waals surface area contributed by atoms with Gasteiger partial charge in [0.05, 0.1) is 50.7 Å². The standard InChI is InChI=1S/C33H27N9O7S.2Na/c1-18-16-27(41-38-23-10-13-25(14-11-23)50(47,48)49)30(35)31(29(18)34)42-39-22-8-6-20(7-9-22)36-32(44)19-2-4-21(5-3-19)37-40-24-12-15-28(43)26(17-24)33(45)46;;/h2-17,37H,34-35H2,1H3,(H,36,44)(H,45,46)(H,47,48,49);;/q;2*+1/p-2/b40-24+,41-38?,42-39?;;. The molecule has 0 radical (unpaired) electrons. The maximum Gasteiger partial charge on any atom is 1.00 e. The zero-order valence-electron chi connectivity index (χ0n) is 27.9. The fourth-order valence-electron chi connectivity index (χ4n) is 4.25. The van der Waals surface area contributed by atoms with E-state index in [1.54, 1.807) is 49.4 Å². The number of rotatable bonds is 10. The van der Waals surface area contributed by atoms with Gasteiger partial charge in [0.2, 0.25) is 0 Å². The fraction of sp³-hybridized carbons (Fsp3) is 0.0303. The van der Waals surface area contributed by atoms with E-state index < -0.39 is 33.3 Å². The van der Waals surface area contributed by atoms with Crippen molar-refractivity contribution in [3.63, 3.8) is 0 Å². The second-order valence-corrected chi connectivity index (χ2v) is 11.9. The number of nitrogens with one attached hydrogen (secondary N) is 1. The Morgan fingerprint density at radius 1 is 0.788 bits per heavy atom. The van der Waals surface area contributed by atoms with Gasteiger partial charge in [0.15, 0.2) is 5.78 Å². The molecule has 0 heterocycles. The summed E-state index contributed by atoms with van der Waals surface area (Å²) >= 11 is 0. The molecule has 1 aliphatic rings. The predicted octanol–water partition coefficient (Wildman–Crippen LogP) is -1.73. The van der Waals surface area contributed by atoms with E-state index in [1.807, 2.05) is 0 Å². The van der Waals surface area contributed by atoms with Crippen LogP contribution in [0.5, 0.6) is 0 Å². The third-order valence-corrected chi connectivity index (χ3v) is 7.81. The Labute approximate surface area is 341 Å². The van der Waals surface area contributed by atoms with Crippen LogP contribution < -0.4 is 86.2 Å². The van der Waals surface area contributed by atoms with E-state index in [2.05, 4.69) is 36.0 Å². The first-order chi connectivity index (χ1) is 23.8. The largest absolute Gasteiger partial charge is 1.00 e. The van der Waals surface area contributed by atoms with Crippen LogP contribution in [0.4, 0.5) is 45.5 Å². The zero-order valence-corrected chi connectivity index (χ0v) is 32.7. The third kappa shape index (κ3) is 10.6. The Morgan fingerprint density at radius 3 is 1.96 bits per heavy atom. The van der Waals surface area contributed by atoms with E-state index in [4.69, 9.17) is 16.0 Å². The Balaban J connectivity index is 0.00000364. The number of nitrogens with two attached hydrogens (primary N) is 2. The molecule has 0 saturated carbocycles. The van der Waals surface area contributed by atoms with Gasteiger partial charge in [0.25, 0.3) is 10.1 Å². The van der Waals surface area contributed by atoms with Crippen LogP contribution >= 0.6 is 0 Å². The normalized spacial score (nSPS) is 13.9. The number of aryl methyl sites for hydroxylation is 1. The smallest absolute Gasteiger partial charge is 0.858 e. The second kappa shape index (κ2) is 18.1. The van der Waals surface area contributed by atoms with Crippen molar-refractivity contribution in [3.05, 3.63) is 114 Å². The number of hydrogen-bond donors (Lipinski definition) is 4. The quantitative estimate of drug-likeness (QED) is 0.0164. The molecule has 252 valence electrons. The SMILES string of the molecule is Cc1cc(N=Nc2ccc(S(=O)(=O)O)cc2)c(N)c(N=Nc2ccc(N=C([O-])c3ccc(N/N=C4\C=CC(=O)C(C(=O)[O-])=C4)cc3)cc2)c1N.[Na+].[Na+]. The van der Waals surface area contributed by atoms with E-state index in [0.717, 1.165) is 12.2 Å². The number of nitrogen functional groups attached to an aromatic ring is 2. The Kier molecular flexibility index (Phi) is 14.4. The first kappa shape index (κ1) is 41.6. The summed E-state index contributed by atoms with van der Waals surface area (Å²) in [5.74, 6) is -2.79. The van der Waals surface area contributed by atoms with Gasteiger partial charge < -0.3 is 26.5 Å².